The molecule has 0 aromatic heterocycles. The first kappa shape index (κ1) is 24.7. The lowest BCUT2D eigenvalue weighted by molar-refractivity contribution is -0.147. The number of rotatable bonds is 8. The van der Waals surface area contributed by atoms with E-state index < -0.39 is 8.24 Å². The molecule has 1 saturated heterocycles. The van der Waals surface area contributed by atoms with Gasteiger partial charge in [-0.3, -0.25) is 9.69 Å². The van der Waals surface area contributed by atoms with Crippen LogP contribution in [0.15, 0.2) is 0 Å². The molecule has 1 aliphatic heterocycles. The van der Waals surface area contributed by atoms with E-state index in [-0.39, 0.29) is 11.9 Å². The van der Waals surface area contributed by atoms with E-state index in [1.807, 2.05) is 6.92 Å². The number of hydrogen-bond donors (Lipinski definition) is 0. The minimum absolute atomic E-state index is 0.00925. The zero-order valence-corrected chi connectivity index (χ0v) is 22.2. The molecule has 32 heavy (non-hydrogen) atoms. The molecule has 1 heterocycles. The van der Waals surface area contributed by atoms with Gasteiger partial charge in [0.1, 0.15) is 8.24 Å². The maximum atomic E-state index is 12.3. The van der Waals surface area contributed by atoms with Crippen LogP contribution >= 0.6 is 0 Å². The van der Waals surface area contributed by atoms with Gasteiger partial charge in [0.2, 0.25) is 0 Å². The van der Waals surface area contributed by atoms with Crippen molar-refractivity contribution >= 4 is 14.2 Å². The highest BCUT2D eigenvalue weighted by Crippen LogP contribution is 2.58. The zero-order chi connectivity index (χ0) is 22.4. The molecule has 3 aliphatic carbocycles. The van der Waals surface area contributed by atoms with Crippen molar-refractivity contribution in [2.45, 2.75) is 127 Å². The van der Waals surface area contributed by atoms with E-state index in [0.29, 0.717) is 6.61 Å². The van der Waals surface area contributed by atoms with Crippen molar-refractivity contribution in [2.24, 2.45) is 5.92 Å². The van der Waals surface area contributed by atoms with Crippen molar-refractivity contribution in [2.75, 3.05) is 32.9 Å². The monoisotopic (exact) mass is 462 g/mol. The summed E-state index contributed by atoms with van der Waals surface area (Å²) in [6.07, 6.45) is 22.4. The SMILES string of the molecule is CCOC(=O)C(C)CN1CCN([Si](C2CCCCC2)(C2CCCCC2)C2CCCCC2)C1. The van der Waals surface area contributed by atoms with Crippen molar-refractivity contribution in [1.82, 2.24) is 9.47 Å². The molecule has 4 fully saturated rings. The second-order valence-corrected chi connectivity index (χ2v) is 16.4. The molecule has 1 unspecified atom stereocenters. The lowest BCUT2D eigenvalue weighted by Gasteiger charge is -2.57. The Balaban J connectivity index is 1.58. The lowest BCUT2D eigenvalue weighted by atomic mass is 9.98. The summed E-state index contributed by atoms with van der Waals surface area (Å²) >= 11 is 0. The van der Waals surface area contributed by atoms with Crippen molar-refractivity contribution in [1.29, 1.82) is 0 Å². The van der Waals surface area contributed by atoms with E-state index in [9.17, 15) is 4.79 Å². The van der Waals surface area contributed by atoms with Gasteiger partial charge in [-0.25, -0.2) is 0 Å². The maximum Gasteiger partial charge on any atom is 0.309 e. The average molecular weight is 463 g/mol. The zero-order valence-electron chi connectivity index (χ0n) is 21.2. The standard InChI is InChI=1S/C27H50N2O2Si/c1-3-31-27(30)23(2)21-28-19-20-29(22-28)32(24-13-7-4-8-14-24,25-15-9-5-10-16-25)26-17-11-6-12-18-26/h23-26H,3-22H2,1-2H3. The lowest BCUT2D eigenvalue weighted by Crippen LogP contribution is -2.63. The molecule has 0 radical (unpaired) electrons. The summed E-state index contributed by atoms with van der Waals surface area (Å²) in [5, 5.41) is 0. The topological polar surface area (TPSA) is 32.8 Å². The molecule has 184 valence electrons. The van der Waals surface area contributed by atoms with Crippen LogP contribution in [0.3, 0.4) is 0 Å². The van der Waals surface area contributed by atoms with Crippen molar-refractivity contribution in [3.8, 4) is 0 Å². The van der Waals surface area contributed by atoms with Gasteiger partial charge in [0.15, 0.2) is 0 Å². The van der Waals surface area contributed by atoms with E-state index in [4.69, 9.17) is 4.74 Å². The molecular formula is C27H50N2O2Si. The fourth-order valence-corrected chi connectivity index (χ4v) is 16.8. The van der Waals surface area contributed by atoms with E-state index >= 15 is 0 Å². The molecule has 0 N–H and O–H groups in total. The highest BCUT2D eigenvalue weighted by atomic mass is 28.3. The Morgan fingerprint density at radius 3 is 1.72 bits per heavy atom. The molecule has 1 atom stereocenters. The van der Waals surface area contributed by atoms with Gasteiger partial charge in [-0.1, -0.05) is 103 Å². The van der Waals surface area contributed by atoms with Crippen LogP contribution < -0.4 is 0 Å². The van der Waals surface area contributed by atoms with Crippen LogP contribution in [0.1, 0.15) is 110 Å². The third kappa shape index (κ3) is 5.30. The van der Waals surface area contributed by atoms with Crippen molar-refractivity contribution < 1.29 is 9.53 Å². The Morgan fingerprint density at radius 1 is 0.812 bits per heavy atom. The number of esters is 1. The molecule has 3 saturated carbocycles. The van der Waals surface area contributed by atoms with Crippen LogP contribution in [-0.4, -0.2) is 56.6 Å². The van der Waals surface area contributed by atoms with Gasteiger partial charge in [-0.05, 0) is 23.5 Å². The van der Waals surface area contributed by atoms with Gasteiger partial charge in [-0.15, -0.1) is 0 Å². The molecule has 4 nitrogen and oxygen atoms in total. The number of ether oxygens (including phenoxy) is 1. The molecule has 4 rings (SSSR count). The highest BCUT2D eigenvalue weighted by molar-refractivity contribution is 6.81. The predicted octanol–water partition coefficient (Wildman–Crippen LogP) is 6.71. The summed E-state index contributed by atoms with van der Waals surface area (Å²) in [5.41, 5.74) is 3.10. The third-order valence-corrected chi connectivity index (χ3v) is 16.7. The van der Waals surface area contributed by atoms with Gasteiger partial charge < -0.3 is 9.30 Å². The summed E-state index contributed by atoms with van der Waals surface area (Å²) < 4.78 is 8.47. The predicted molar refractivity (Wildman–Crippen MR) is 135 cm³/mol. The maximum absolute atomic E-state index is 12.3. The Kier molecular flexibility index (Phi) is 9.15. The molecular weight excluding hydrogens is 412 g/mol. The van der Waals surface area contributed by atoms with Gasteiger partial charge in [0, 0.05) is 26.3 Å². The van der Waals surface area contributed by atoms with Crippen molar-refractivity contribution in [3.63, 3.8) is 0 Å². The largest absolute Gasteiger partial charge is 0.466 e. The number of hydrogen-bond acceptors (Lipinski definition) is 4. The van der Waals surface area contributed by atoms with E-state index in [0.717, 1.165) is 36.4 Å². The van der Waals surface area contributed by atoms with E-state index in [2.05, 4.69) is 16.4 Å². The highest BCUT2D eigenvalue weighted by Gasteiger charge is 2.57. The summed E-state index contributed by atoms with van der Waals surface area (Å²) in [5.74, 6) is -0.0219. The fourth-order valence-electron chi connectivity index (χ4n) is 8.33. The van der Waals surface area contributed by atoms with Crippen LogP contribution in [0, 0.1) is 5.92 Å². The molecule has 0 bridgehead atoms. The first-order chi connectivity index (χ1) is 15.7. The first-order valence-corrected chi connectivity index (χ1v) is 16.5. The summed E-state index contributed by atoms with van der Waals surface area (Å²) in [7, 11) is -1.62. The van der Waals surface area contributed by atoms with Crippen LogP contribution in [0.5, 0.6) is 0 Å². The van der Waals surface area contributed by atoms with E-state index in [1.165, 1.54) is 103 Å². The van der Waals surface area contributed by atoms with Crippen LogP contribution in [-0.2, 0) is 9.53 Å². The van der Waals surface area contributed by atoms with E-state index in [1.54, 1.807) is 0 Å². The minimum Gasteiger partial charge on any atom is -0.466 e. The second kappa shape index (κ2) is 11.8. The Bertz CT molecular complexity index is 537. The average Bonchev–Trinajstić information content (AvgIpc) is 3.30. The normalized spacial score (nSPS) is 26.9. The molecule has 0 aromatic carbocycles. The van der Waals surface area contributed by atoms with Crippen LogP contribution in [0.2, 0.25) is 16.6 Å². The quantitative estimate of drug-likeness (QED) is 0.296. The number of nitrogens with zero attached hydrogens (tertiary/aromatic N) is 2. The third-order valence-electron chi connectivity index (χ3n) is 9.60. The van der Waals surface area contributed by atoms with Gasteiger partial charge in [0.25, 0.3) is 0 Å². The van der Waals surface area contributed by atoms with Gasteiger partial charge >= 0.3 is 5.97 Å². The molecule has 0 aromatic rings. The van der Waals surface area contributed by atoms with Crippen LogP contribution in [0.25, 0.3) is 0 Å². The second-order valence-electron chi connectivity index (χ2n) is 11.5. The molecule has 0 spiro atoms. The number of carbonyl (C=O) groups excluding carboxylic acids is 1. The molecule has 0 amide bonds. The number of carbonyl (C=O) groups is 1. The Morgan fingerprint density at radius 2 is 1.28 bits per heavy atom. The first-order valence-electron chi connectivity index (χ1n) is 14.3. The Labute approximate surface area is 198 Å². The smallest absolute Gasteiger partial charge is 0.309 e. The summed E-state index contributed by atoms with van der Waals surface area (Å²) in [6, 6.07) is 0. The minimum atomic E-state index is -1.62. The van der Waals surface area contributed by atoms with Gasteiger partial charge in [-0.2, -0.15) is 0 Å². The molecule has 5 heteroatoms. The molecule has 4 aliphatic rings. The fraction of sp³-hybridized carbons (Fsp3) is 0.963. The van der Waals surface area contributed by atoms with Crippen LogP contribution in [0.4, 0.5) is 0 Å². The van der Waals surface area contributed by atoms with Gasteiger partial charge in [0.05, 0.1) is 12.5 Å². The Hall–Kier alpha value is -0.393. The van der Waals surface area contributed by atoms with Crippen molar-refractivity contribution in [3.05, 3.63) is 0 Å². The summed E-state index contributed by atoms with van der Waals surface area (Å²) in [6.45, 7) is 8.92. The summed E-state index contributed by atoms with van der Waals surface area (Å²) in [4.78, 5) is 14.9.